The molecule has 1 heterocycles. The number of nitrogens with one attached hydrogen (secondary N) is 2. The number of amides is 1. The van der Waals surface area contributed by atoms with E-state index >= 15 is 0 Å². The Labute approximate surface area is 124 Å². The lowest BCUT2D eigenvalue weighted by Crippen LogP contribution is -2.13. The van der Waals surface area contributed by atoms with E-state index in [1.54, 1.807) is 25.4 Å². The zero-order valence-electron chi connectivity index (χ0n) is 12.2. The van der Waals surface area contributed by atoms with E-state index in [2.05, 4.69) is 15.6 Å². The molecule has 110 valence electrons. The van der Waals surface area contributed by atoms with Gasteiger partial charge in [0.05, 0.1) is 18.5 Å². The third-order valence-corrected chi connectivity index (χ3v) is 2.92. The van der Waals surface area contributed by atoms with Crippen LogP contribution in [0.5, 0.6) is 0 Å². The topological polar surface area (TPSA) is 63.2 Å². The highest BCUT2D eigenvalue weighted by atomic mass is 16.5. The molecule has 0 saturated carbocycles. The molecule has 0 aliphatic heterocycles. The summed E-state index contributed by atoms with van der Waals surface area (Å²) in [5.74, 6) is 0.366. The van der Waals surface area contributed by atoms with Gasteiger partial charge in [0.15, 0.2) is 0 Å². The minimum Gasteiger partial charge on any atom is -0.383 e. The minimum atomic E-state index is -0.161. The molecule has 5 nitrogen and oxygen atoms in total. The number of carbonyl (C=O) groups excluding carboxylic acids is 1. The quantitative estimate of drug-likeness (QED) is 0.801. The monoisotopic (exact) mass is 285 g/mol. The van der Waals surface area contributed by atoms with Gasteiger partial charge in [-0.2, -0.15) is 0 Å². The normalized spacial score (nSPS) is 10.2. The molecule has 0 unspecified atom stereocenters. The molecular weight excluding hydrogens is 266 g/mol. The van der Waals surface area contributed by atoms with Crippen molar-refractivity contribution in [2.45, 2.75) is 6.92 Å². The van der Waals surface area contributed by atoms with E-state index in [0.717, 1.165) is 11.3 Å². The predicted octanol–water partition coefficient (Wildman–Crippen LogP) is 2.70. The van der Waals surface area contributed by atoms with Crippen molar-refractivity contribution in [1.29, 1.82) is 0 Å². The molecule has 0 saturated heterocycles. The van der Waals surface area contributed by atoms with Crippen LogP contribution in [0.3, 0.4) is 0 Å². The second-order valence-electron chi connectivity index (χ2n) is 4.68. The first-order chi connectivity index (χ1) is 10.2. The maximum atomic E-state index is 12.1. The molecule has 21 heavy (non-hydrogen) atoms. The van der Waals surface area contributed by atoms with Crippen LogP contribution in [0.4, 0.5) is 11.5 Å². The molecule has 0 aliphatic rings. The first-order valence-corrected chi connectivity index (χ1v) is 6.76. The molecule has 2 aromatic rings. The molecular formula is C16H19N3O2. The first kappa shape index (κ1) is 15.0. The molecule has 0 spiro atoms. The smallest absolute Gasteiger partial charge is 0.256 e. The number of pyridine rings is 1. The fourth-order valence-electron chi connectivity index (χ4n) is 1.84. The van der Waals surface area contributed by atoms with Crippen molar-refractivity contribution in [3.05, 3.63) is 53.7 Å². The number of aromatic nitrogens is 1. The Hall–Kier alpha value is -2.40. The van der Waals surface area contributed by atoms with E-state index in [4.69, 9.17) is 4.74 Å². The van der Waals surface area contributed by atoms with Crippen LogP contribution in [0.25, 0.3) is 0 Å². The van der Waals surface area contributed by atoms with Crippen LogP contribution < -0.4 is 10.6 Å². The van der Waals surface area contributed by atoms with Gasteiger partial charge in [-0.25, -0.2) is 4.98 Å². The molecule has 1 aromatic carbocycles. The summed E-state index contributed by atoms with van der Waals surface area (Å²) in [4.78, 5) is 16.3. The second kappa shape index (κ2) is 7.40. The van der Waals surface area contributed by atoms with Gasteiger partial charge in [0.25, 0.3) is 5.91 Å². The summed E-state index contributed by atoms with van der Waals surface area (Å²) in [5, 5.41) is 5.94. The maximum Gasteiger partial charge on any atom is 0.256 e. The van der Waals surface area contributed by atoms with E-state index in [9.17, 15) is 4.79 Å². The lowest BCUT2D eigenvalue weighted by Gasteiger charge is -2.08. The van der Waals surface area contributed by atoms with Crippen LogP contribution in [0.15, 0.2) is 42.6 Å². The van der Waals surface area contributed by atoms with Crippen LogP contribution in [0.2, 0.25) is 0 Å². The van der Waals surface area contributed by atoms with E-state index in [1.807, 2.05) is 31.2 Å². The molecule has 0 bridgehead atoms. The molecule has 0 aliphatic carbocycles. The molecule has 0 fully saturated rings. The lowest BCUT2D eigenvalue weighted by molar-refractivity contribution is 0.102. The van der Waals surface area contributed by atoms with Crippen LogP contribution in [-0.4, -0.2) is 31.2 Å². The first-order valence-electron chi connectivity index (χ1n) is 6.76. The van der Waals surface area contributed by atoms with Gasteiger partial charge in [0.1, 0.15) is 5.82 Å². The van der Waals surface area contributed by atoms with E-state index < -0.39 is 0 Å². The Bertz CT molecular complexity index is 597. The van der Waals surface area contributed by atoms with Gasteiger partial charge in [-0.15, -0.1) is 0 Å². The highest BCUT2D eigenvalue weighted by Crippen LogP contribution is 2.11. The van der Waals surface area contributed by atoms with Gasteiger partial charge in [-0.3, -0.25) is 4.79 Å². The van der Waals surface area contributed by atoms with E-state index in [1.165, 1.54) is 0 Å². The molecule has 1 aromatic heterocycles. The van der Waals surface area contributed by atoms with E-state index in [0.29, 0.717) is 24.5 Å². The number of carbonyl (C=O) groups is 1. The van der Waals surface area contributed by atoms with Crippen molar-refractivity contribution >= 4 is 17.4 Å². The zero-order valence-corrected chi connectivity index (χ0v) is 12.2. The number of hydrogen-bond donors (Lipinski definition) is 2. The van der Waals surface area contributed by atoms with Crippen LogP contribution in [0.1, 0.15) is 15.9 Å². The Morgan fingerprint density at radius 2 is 2.14 bits per heavy atom. The number of anilines is 2. The van der Waals surface area contributed by atoms with Crippen LogP contribution >= 0.6 is 0 Å². The third-order valence-electron chi connectivity index (χ3n) is 2.92. The van der Waals surface area contributed by atoms with Gasteiger partial charge in [-0.1, -0.05) is 17.7 Å². The van der Waals surface area contributed by atoms with Crippen LogP contribution in [0, 0.1) is 6.92 Å². The minimum absolute atomic E-state index is 0.161. The fraction of sp³-hybridized carbons (Fsp3) is 0.250. The van der Waals surface area contributed by atoms with E-state index in [-0.39, 0.29) is 5.91 Å². The highest BCUT2D eigenvalue weighted by molar-refractivity contribution is 6.03. The summed E-state index contributed by atoms with van der Waals surface area (Å²) in [7, 11) is 1.66. The van der Waals surface area contributed by atoms with Gasteiger partial charge in [0, 0.05) is 19.2 Å². The van der Waals surface area contributed by atoms with Crippen molar-refractivity contribution < 1.29 is 9.53 Å². The summed E-state index contributed by atoms with van der Waals surface area (Å²) in [6.07, 6.45) is 1.68. The number of aryl methyl sites for hydroxylation is 1. The van der Waals surface area contributed by atoms with Crippen LogP contribution in [-0.2, 0) is 4.74 Å². The van der Waals surface area contributed by atoms with Gasteiger partial charge < -0.3 is 15.4 Å². The number of ether oxygens (including phenoxy) is 1. The maximum absolute atomic E-state index is 12.1. The van der Waals surface area contributed by atoms with Crippen molar-refractivity contribution in [1.82, 2.24) is 4.98 Å². The molecule has 0 radical (unpaired) electrons. The fourth-order valence-corrected chi connectivity index (χ4v) is 1.84. The molecule has 5 heteroatoms. The van der Waals surface area contributed by atoms with Crippen molar-refractivity contribution in [3.8, 4) is 0 Å². The lowest BCUT2D eigenvalue weighted by atomic mass is 10.1. The Morgan fingerprint density at radius 3 is 2.81 bits per heavy atom. The summed E-state index contributed by atoms with van der Waals surface area (Å²) >= 11 is 0. The number of nitrogens with zero attached hydrogens (tertiary/aromatic N) is 1. The number of rotatable bonds is 6. The van der Waals surface area contributed by atoms with Crippen molar-refractivity contribution in [2.24, 2.45) is 0 Å². The standard InChI is InChI=1S/C16H19N3O2/c1-12-4-3-5-13(10-12)16(20)19-15-7-6-14(11-18-15)17-8-9-21-2/h3-7,10-11,17H,8-9H2,1-2H3,(H,18,19,20). The third kappa shape index (κ3) is 4.57. The Kier molecular flexibility index (Phi) is 5.29. The number of hydrogen-bond acceptors (Lipinski definition) is 4. The van der Waals surface area contributed by atoms with Crippen molar-refractivity contribution in [3.63, 3.8) is 0 Å². The van der Waals surface area contributed by atoms with Gasteiger partial charge >= 0.3 is 0 Å². The SMILES string of the molecule is COCCNc1ccc(NC(=O)c2cccc(C)c2)nc1. The number of benzene rings is 1. The zero-order chi connectivity index (χ0) is 15.1. The molecule has 0 atom stereocenters. The summed E-state index contributed by atoms with van der Waals surface area (Å²) < 4.78 is 4.96. The summed E-state index contributed by atoms with van der Waals surface area (Å²) in [5.41, 5.74) is 2.56. The average Bonchev–Trinajstić information content (AvgIpc) is 2.49. The van der Waals surface area contributed by atoms with Crippen molar-refractivity contribution in [2.75, 3.05) is 30.9 Å². The van der Waals surface area contributed by atoms with Gasteiger partial charge in [0.2, 0.25) is 0 Å². The largest absolute Gasteiger partial charge is 0.383 e. The predicted molar refractivity (Wildman–Crippen MR) is 83.7 cm³/mol. The Morgan fingerprint density at radius 1 is 1.29 bits per heavy atom. The summed E-state index contributed by atoms with van der Waals surface area (Å²) in [6.45, 7) is 3.30. The van der Waals surface area contributed by atoms with Gasteiger partial charge in [-0.05, 0) is 31.2 Å². The molecule has 1 amide bonds. The number of methoxy groups -OCH3 is 1. The average molecular weight is 285 g/mol. The second-order valence-corrected chi connectivity index (χ2v) is 4.68. The molecule has 2 N–H and O–H groups in total. The highest BCUT2D eigenvalue weighted by Gasteiger charge is 2.06. The summed E-state index contributed by atoms with van der Waals surface area (Å²) in [6, 6.07) is 11.1. The molecule has 2 rings (SSSR count). The Balaban J connectivity index is 1.95.